The molecule has 7 nitrogen and oxygen atoms in total. The fourth-order valence-corrected chi connectivity index (χ4v) is 5.86. The highest BCUT2D eigenvalue weighted by atomic mass is 35.5. The predicted octanol–water partition coefficient (Wildman–Crippen LogP) is 3.86. The Balaban J connectivity index is 1.49. The maximum atomic E-state index is 14.3. The van der Waals surface area contributed by atoms with Gasteiger partial charge in [0.2, 0.25) is 5.91 Å². The molecule has 3 heterocycles. The number of amides is 4. The van der Waals surface area contributed by atoms with Crippen LogP contribution >= 0.6 is 11.6 Å². The minimum Gasteiger partial charge on any atom is -0.368 e. The van der Waals surface area contributed by atoms with Crippen LogP contribution in [0.2, 0.25) is 5.02 Å². The largest absolute Gasteiger partial charge is 0.368 e. The second kappa shape index (κ2) is 8.13. The zero-order chi connectivity index (χ0) is 24.2. The third kappa shape index (κ3) is 3.30. The van der Waals surface area contributed by atoms with Gasteiger partial charge < -0.3 is 9.80 Å². The van der Waals surface area contributed by atoms with Gasteiger partial charge in [0.1, 0.15) is 0 Å². The number of carbonyl (C=O) groups excluding carboxylic acids is 3. The lowest BCUT2D eigenvalue weighted by molar-refractivity contribution is -0.144. The second-order valence-electron chi connectivity index (χ2n) is 9.15. The van der Waals surface area contributed by atoms with Crippen molar-refractivity contribution in [3.05, 3.63) is 89.4 Å². The molecule has 2 fully saturated rings. The van der Waals surface area contributed by atoms with Crippen LogP contribution in [0.1, 0.15) is 5.56 Å². The van der Waals surface area contributed by atoms with Gasteiger partial charge in [0.25, 0.3) is 5.91 Å². The van der Waals surface area contributed by atoms with Crippen molar-refractivity contribution in [1.82, 2.24) is 5.32 Å². The van der Waals surface area contributed by atoms with Gasteiger partial charge in [0.15, 0.2) is 5.41 Å². The summed E-state index contributed by atoms with van der Waals surface area (Å²) >= 11 is 6.18. The molecule has 35 heavy (non-hydrogen) atoms. The Kier molecular flexibility index (Phi) is 5.04. The summed E-state index contributed by atoms with van der Waals surface area (Å²) in [6.45, 7) is 1.86. The van der Waals surface area contributed by atoms with Crippen LogP contribution < -0.4 is 20.0 Å². The Morgan fingerprint density at radius 1 is 0.857 bits per heavy atom. The summed E-state index contributed by atoms with van der Waals surface area (Å²) in [4.78, 5) is 46.4. The molecule has 3 aliphatic heterocycles. The Labute approximate surface area is 207 Å². The maximum absolute atomic E-state index is 14.3. The number of barbiturate groups is 1. The topological polar surface area (TPSA) is 73.0 Å². The predicted molar refractivity (Wildman–Crippen MR) is 135 cm³/mol. The van der Waals surface area contributed by atoms with Crippen molar-refractivity contribution in [2.75, 3.05) is 34.3 Å². The number of nitrogens with one attached hydrogen (secondary N) is 1. The van der Waals surface area contributed by atoms with Crippen molar-refractivity contribution < 1.29 is 14.4 Å². The van der Waals surface area contributed by atoms with E-state index in [0.29, 0.717) is 23.8 Å². The normalized spacial score (nSPS) is 23.7. The molecule has 4 amide bonds. The first-order valence-electron chi connectivity index (χ1n) is 11.6. The van der Waals surface area contributed by atoms with E-state index in [-0.39, 0.29) is 6.42 Å². The number of imide groups is 2. The molecule has 2 saturated heterocycles. The van der Waals surface area contributed by atoms with E-state index in [1.807, 2.05) is 54.6 Å². The monoisotopic (exact) mass is 486 g/mol. The highest BCUT2D eigenvalue weighted by Crippen LogP contribution is 2.46. The van der Waals surface area contributed by atoms with Crippen molar-refractivity contribution in [2.24, 2.45) is 5.41 Å². The van der Waals surface area contributed by atoms with Crippen LogP contribution in [0.4, 0.5) is 21.9 Å². The summed E-state index contributed by atoms with van der Waals surface area (Å²) in [6.07, 6.45) is 0.210. The molecule has 3 aromatic carbocycles. The lowest BCUT2D eigenvalue weighted by atomic mass is 9.67. The zero-order valence-electron chi connectivity index (χ0n) is 18.9. The number of hydrogen-bond acceptors (Lipinski definition) is 5. The summed E-state index contributed by atoms with van der Waals surface area (Å²) in [5, 5.41) is 2.90. The van der Waals surface area contributed by atoms with Gasteiger partial charge in [0.05, 0.1) is 11.7 Å². The summed E-state index contributed by atoms with van der Waals surface area (Å²) in [5.41, 5.74) is 1.85. The highest BCUT2D eigenvalue weighted by molar-refractivity contribution is 6.33. The fourth-order valence-electron chi connectivity index (χ4n) is 5.68. The molecule has 0 aromatic heterocycles. The van der Waals surface area contributed by atoms with E-state index in [9.17, 15) is 14.4 Å². The molecule has 6 rings (SSSR count). The van der Waals surface area contributed by atoms with Gasteiger partial charge in [-0.15, -0.1) is 0 Å². The van der Waals surface area contributed by atoms with Gasteiger partial charge in [-0.1, -0.05) is 54.1 Å². The number of piperazine rings is 1. The van der Waals surface area contributed by atoms with Crippen molar-refractivity contribution in [3.8, 4) is 0 Å². The first-order valence-corrected chi connectivity index (χ1v) is 12.0. The van der Waals surface area contributed by atoms with E-state index in [1.165, 1.54) is 0 Å². The number of benzene rings is 3. The van der Waals surface area contributed by atoms with Crippen LogP contribution in [0.3, 0.4) is 0 Å². The van der Waals surface area contributed by atoms with Crippen LogP contribution in [-0.2, 0) is 16.0 Å². The number of rotatable bonds is 2. The van der Waals surface area contributed by atoms with Gasteiger partial charge in [-0.3, -0.25) is 14.9 Å². The Hall–Kier alpha value is -3.84. The van der Waals surface area contributed by atoms with Crippen molar-refractivity contribution in [1.29, 1.82) is 0 Å². The lowest BCUT2D eigenvalue weighted by Crippen LogP contribution is -2.75. The Morgan fingerprint density at radius 2 is 1.60 bits per heavy atom. The van der Waals surface area contributed by atoms with Crippen LogP contribution in [-0.4, -0.2) is 43.5 Å². The molecular weight excluding hydrogens is 464 g/mol. The molecule has 3 aliphatic rings. The maximum Gasteiger partial charge on any atom is 0.335 e. The number of para-hydroxylation sites is 2. The van der Waals surface area contributed by atoms with Crippen LogP contribution in [0.25, 0.3) is 0 Å². The van der Waals surface area contributed by atoms with Crippen LogP contribution in [0, 0.1) is 5.41 Å². The third-order valence-corrected chi connectivity index (χ3v) is 7.56. The van der Waals surface area contributed by atoms with Crippen LogP contribution in [0.15, 0.2) is 78.9 Å². The van der Waals surface area contributed by atoms with E-state index in [2.05, 4.69) is 15.1 Å². The number of urea groups is 1. The summed E-state index contributed by atoms with van der Waals surface area (Å²) in [7, 11) is 0. The SMILES string of the molecule is O=C1NC(=O)C2(Cc3ccccc3N3CCN(c4ccccc4)CC32)C(=O)N1c1cccc(Cl)c1. The van der Waals surface area contributed by atoms with E-state index >= 15 is 0 Å². The number of anilines is 3. The molecule has 2 atom stereocenters. The molecule has 0 aliphatic carbocycles. The first kappa shape index (κ1) is 21.7. The standard InChI is InChI=1S/C27H23ClN4O3/c28-19-8-6-11-21(15-19)32-25(34)27(24(33)29-26(32)35)16-18-7-4-5-12-22(18)31-14-13-30(17-23(27)31)20-9-2-1-3-10-20/h1-12,15,23H,13-14,16-17H2,(H,29,33,35). The van der Waals surface area contributed by atoms with E-state index in [0.717, 1.165) is 28.4 Å². The molecular formula is C27H23ClN4O3. The van der Waals surface area contributed by atoms with Crippen LogP contribution in [0.5, 0.6) is 0 Å². The van der Waals surface area contributed by atoms with E-state index in [1.54, 1.807) is 24.3 Å². The lowest BCUT2D eigenvalue weighted by Gasteiger charge is -2.55. The number of halogens is 1. The molecule has 3 aromatic rings. The van der Waals surface area contributed by atoms with E-state index in [4.69, 9.17) is 11.6 Å². The Bertz CT molecular complexity index is 1350. The average Bonchev–Trinajstić information content (AvgIpc) is 2.87. The van der Waals surface area contributed by atoms with Crippen molar-refractivity contribution >= 4 is 46.5 Å². The van der Waals surface area contributed by atoms with E-state index < -0.39 is 29.3 Å². The second-order valence-corrected chi connectivity index (χ2v) is 9.58. The van der Waals surface area contributed by atoms with Gasteiger partial charge in [-0.25, -0.2) is 9.69 Å². The molecule has 0 saturated carbocycles. The Morgan fingerprint density at radius 3 is 2.40 bits per heavy atom. The number of hydrogen-bond donors (Lipinski definition) is 1. The van der Waals surface area contributed by atoms with Gasteiger partial charge in [-0.2, -0.15) is 0 Å². The van der Waals surface area contributed by atoms with Crippen molar-refractivity contribution in [2.45, 2.75) is 12.5 Å². The molecule has 8 heteroatoms. The summed E-state index contributed by atoms with van der Waals surface area (Å²) in [5.74, 6) is -1.07. The summed E-state index contributed by atoms with van der Waals surface area (Å²) in [6, 6.07) is 23.2. The molecule has 0 radical (unpaired) electrons. The zero-order valence-corrected chi connectivity index (χ0v) is 19.6. The van der Waals surface area contributed by atoms with Gasteiger partial charge in [0, 0.05) is 36.0 Å². The molecule has 2 unspecified atom stereocenters. The fraction of sp³-hybridized carbons (Fsp3) is 0.222. The molecule has 1 N–H and O–H groups in total. The smallest absolute Gasteiger partial charge is 0.335 e. The van der Waals surface area contributed by atoms with Gasteiger partial charge in [-0.05, 0) is 48.4 Å². The molecule has 0 bridgehead atoms. The van der Waals surface area contributed by atoms with Crippen molar-refractivity contribution in [3.63, 3.8) is 0 Å². The minimum absolute atomic E-state index is 0.210. The molecule has 176 valence electrons. The van der Waals surface area contributed by atoms with Gasteiger partial charge >= 0.3 is 6.03 Å². The number of carbonyl (C=O) groups is 3. The number of fused-ring (bicyclic) bond motifs is 4. The number of nitrogens with zero attached hydrogens (tertiary/aromatic N) is 3. The highest BCUT2D eigenvalue weighted by Gasteiger charge is 2.63. The third-order valence-electron chi connectivity index (χ3n) is 7.32. The average molecular weight is 487 g/mol. The minimum atomic E-state index is -1.47. The summed E-state index contributed by atoms with van der Waals surface area (Å²) < 4.78 is 0. The first-order chi connectivity index (χ1) is 17.0. The quantitative estimate of drug-likeness (QED) is 0.557. The molecule has 1 spiro atoms.